The van der Waals surface area contributed by atoms with Crippen LogP contribution in [0, 0.1) is 0 Å². The zero-order chi connectivity index (χ0) is 30.9. The van der Waals surface area contributed by atoms with Crippen LogP contribution in [0.1, 0.15) is 0 Å². The Hall–Kier alpha value is -6.32. The fraction of sp³-hybridized carbons (Fsp3) is 0. The van der Waals surface area contributed by atoms with Crippen LogP contribution in [0.3, 0.4) is 0 Å². The SMILES string of the molecule is c1ccc2c(-c3ccc(N(c4ccc5c(c4)oc4ccccc45)c4ccc5ccc6c7ccccc7oc6c5c4)cc3)cccc2c1. The van der Waals surface area contributed by atoms with E-state index in [1.165, 1.54) is 21.9 Å². The molecule has 10 aromatic rings. The first-order chi connectivity index (χ1) is 23.3. The number of para-hydroxylation sites is 2. The topological polar surface area (TPSA) is 29.5 Å². The molecule has 0 N–H and O–H groups in total. The van der Waals surface area contributed by atoms with E-state index in [-0.39, 0.29) is 0 Å². The van der Waals surface area contributed by atoms with Gasteiger partial charge in [0.25, 0.3) is 0 Å². The Bertz CT molecular complexity index is 2800. The van der Waals surface area contributed by atoms with Crippen molar-refractivity contribution in [3.8, 4) is 11.1 Å². The summed E-state index contributed by atoms with van der Waals surface area (Å²) in [6.07, 6.45) is 0. The summed E-state index contributed by atoms with van der Waals surface area (Å²) in [5, 5.41) is 9.20. The van der Waals surface area contributed by atoms with Gasteiger partial charge in [-0.15, -0.1) is 0 Å². The van der Waals surface area contributed by atoms with Crippen molar-refractivity contribution in [1.29, 1.82) is 0 Å². The minimum atomic E-state index is 0.863. The summed E-state index contributed by atoms with van der Waals surface area (Å²) < 4.78 is 12.8. The van der Waals surface area contributed by atoms with E-state index in [0.29, 0.717) is 0 Å². The lowest BCUT2D eigenvalue weighted by Gasteiger charge is -2.26. The number of anilines is 3. The fourth-order valence-electron chi connectivity index (χ4n) is 7.20. The van der Waals surface area contributed by atoms with Crippen molar-refractivity contribution in [3.05, 3.63) is 164 Å². The Balaban J connectivity index is 1.17. The van der Waals surface area contributed by atoms with Crippen LogP contribution in [0.15, 0.2) is 173 Å². The molecule has 0 fully saturated rings. The first-order valence-electron chi connectivity index (χ1n) is 15.9. The number of hydrogen-bond acceptors (Lipinski definition) is 3. The van der Waals surface area contributed by atoms with Gasteiger partial charge in [-0.3, -0.25) is 0 Å². The molecule has 10 rings (SSSR count). The highest BCUT2D eigenvalue weighted by molar-refractivity contribution is 6.15. The number of rotatable bonds is 4. The highest BCUT2D eigenvalue weighted by Crippen LogP contribution is 2.42. The average molecular weight is 602 g/mol. The molecule has 0 amide bonds. The number of hydrogen-bond donors (Lipinski definition) is 0. The van der Waals surface area contributed by atoms with Crippen molar-refractivity contribution in [1.82, 2.24) is 0 Å². The maximum Gasteiger partial charge on any atom is 0.143 e. The second kappa shape index (κ2) is 10.1. The molecule has 2 aromatic heterocycles. The smallest absolute Gasteiger partial charge is 0.143 e. The highest BCUT2D eigenvalue weighted by atomic mass is 16.3. The predicted molar refractivity (Wildman–Crippen MR) is 196 cm³/mol. The summed E-state index contributed by atoms with van der Waals surface area (Å²) in [7, 11) is 0. The number of benzene rings is 8. The molecule has 0 radical (unpaired) electrons. The van der Waals surface area contributed by atoms with Crippen LogP contribution >= 0.6 is 0 Å². The standard InChI is InChI=1S/C44H27NO2/c1-2-10-34-28(8-1)9-7-13-35(34)29-16-20-31(21-17-29)45(33-23-25-38-36-11-3-5-14-41(36)46-43(38)27-33)32-22-18-30-19-24-39-37-12-4-6-15-42(37)47-44(39)40(30)26-32/h1-27H. The molecule has 0 unspecified atom stereocenters. The molecule has 2 heterocycles. The molecule has 47 heavy (non-hydrogen) atoms. The molecule has 0 atom stereocenters. The van der Waals surface area contributed by atoms with Crippen LogP contribution in [0.4, 0.5) is 17.1 Å². The molecular formula is C44H27NO2. The number of fused-ring (bicyclic) bond motifs is 9. The predicted octanol–water partition coefficient (Wildman–Crippen LogP) is 12.9. The Kier molecular flexibility index (Phi) is 5.57. The van der Waals surface area contributed by atoms with Crippen molar-refractivity contribution in [2.45, 2.75) is 0 Å². The van der Waals surface area contributed by atoms with Crippen molar-refractivity contribution in [2.24, 2.45) is 0 Å². The quantitative estimate of drug-likeness (QED) is 0.201. The fourth-order valence-corrected chi connectivity index (χ4v) is 7.20. The van der Waals surface area contributed by atoms with Crippen molar-refractivity contribution >= 4 is 82.5 Å². The third-order valence-electron chi connectivity index (χ3n) is 9.45. The summed E-state index contributed by atoms with van der Waals surface area (Å²) in [6, 6.07) is 57.9. The number of nitrogens with zero attached hydrogens (tertiary/aromatic N) is 1. The maximum atomic E-state index is 6.47. The van der Waals surface area contributed by atoms with Gasteiger partial charge in [0.1, 0.15) is 22.3 Å². The van der Waals surface area contributed by atoms with Gasteiger partial charge >= 0.3 is 0 Å². The van der Waals surface area contributed by atoms with Gasteiger partial charge in [-0.2, -0.15) is 0 Å². The van der Waals surface area contributed by atoms with E-state index in [1.807, 2.05) is 24.3 Å². The lowest BCUT2D eigenvalue weighted by molar-refractivity contribution is 0.669. The molecule has 0 bridgehead atoms. The van der Waals surface area contributed by atoms with Gasteiger partial charge in [0.05, 0.1) is 0 Å². The largest absolute Gasteiger partial charge is 0.456 e. The van der Waals surface area contributed by atoms with E-state index >= 15 is 0 Å². The summed E-state index contributed by atoms with van der Waals surface area (Å²) >= 11 is 0. The van der Waals surface area contributed by atoms with E-state index in [0.717, 1.165) is 71.7 Å². The van der Waals surface area contributed by atoms with Gasteiger partial charge in [0, 0.05) is 50.1 Å². The van der Waals surface area contributed by atoms with E-state index in [9.17, 15) is 0 Å². The van der Waals surface area contributed by atoms with E-state index in [2.05, 4.69) is 144 Å². The van der Waals surface area contributed by atoms with Crippen LogP contribution in [-0.4, -0.2) is 0 Å². The van der Waals surface area contributed by atoms with Crippen LogP contribution in [0.25, 0.3) is 76.5 Å². The first kappa shape index (κ1) is 26.0. The molecular weight excluding hydrogens is 574 g/mol. The van der Waals surface area contributed by atoms with E-state index < -0.39 is 0 Å². The molecule has 0 saturated carbocycles. The second-order valence-electron chi connectivity index (χ2n) is 12.1. The highest BCUT2D eigenvalue weighted by Gasteiger charge is 2.18. The molecule has 0 saturated heterocycles. The van der Waals surface area contributed by atoms with Gasteiger partial charge in [0.15, 0.2) is 0 Å². The molecule has 220 valence electrons. The molecule has 3 heteroatoms. The van der Waals surface area contributed by atoms with E-state index in [1.54, 1.807) is 0 Å². The van der Waals surface area contributed by atoms with Gasteiger partial charge in [0.2, 0.25) is 0 Å². The summed E-state index contributed by atoms with van der Waals surface area (Å²) in [5.41, 5.74) is 9.08. The van der Waals surface area contributed by atoms with Gasteiger partial charge < -0.3 is 13.7 Å². The van der Waals surface area contributed by atoms with Crippen LogP contribution < -0.4 is 4.90 Å². The summed E-state index contributed by atoms with van der Waals surface area (Å²) in [5.74, 6) is 0. The maximum absolute atomic E-state index is 6.47. The Morgan fingerprint density at radius 2 is 0.915 bits per heavy atom. The van der Waals surface area contributed by atoms with Crippen molar-refractivity contribution < 1.29 is 8.83 Å². The summed E-state index contributed by atoms with van der Waals surface area (Å²) in [6.45, 7) is 0. The van der Waals surface area contributed by atoms with Crippen molar-refractivity contribution in [2.75, 3.05) is 4.90 Å². The lowest BCUT2D eigenvalue weighted by Crippen LogP contribution is -2.09. The molecule has 0 aliphatic carbocycles. The third-order valence-corrected chi connectivity index (χ3v) is 9.45. The van der Waals surface area contributed by atoms with Gasteiger partial charge in [-0.05, 0) is 81.9 Å². The minimum absolute atomic E-state index is 0.863. The zero-order valence-corrected chi connectivity index (χ0v) is 25.4. The summed E-state index contributed by atoms with van der Waals surface area (Å²) in [4.78, 5) is 2.31. The molecule has 8 aromatic carbocycles. The molecule has 0 aliphatic rings. The first-order valence-corrected chi connectivity index (χ1v) is 15.9. The van der Waals surface area contributed by atoms with Gasteiger partial charge in [-0.1, -0.05) is 103 Å². The Labute approximate surface area is 270 Å². The molecule has 0 aliphatic heterocycles. The van der Waals surface area contributed by atoms with Gasteiger partial charge in [-0.25, -0.2) is 0 Å². The number of furan rings is 2. The van der Waals surface area contributed by atoms with Crippen LogP contribution in [-0.2, 0) is 0 Å². The third kappa shape index (κ3) is 4.07. The zero-order valence-electron chi connectivity index (χ0n) is 25.4. The average Bonchev–Trinajstić information content (AvgIpc) is 3.70. The van der Waals surface area contributed by atoms with Crippen molar-refractivity contribution in [3.63, 3.8) is 0 Å². The van der Waals surface area contributed by atoms with Crippen LogP contribution in [0.5, 0.6) is 0 Å². The normalized spacial score (nSPS) is 11.8. The van der Waals surface area contributed by atoms with Crippen LogP contribution in [0.2, 0.25) is 0 Å². The monoisotopic (exact) mass is 601 g/mol. The molecule has 0 spiro atoms. The Morgan fingerprint density at radius 3 is 1.77 bits per heavy atom. The minimum Gasteiger partial charge on any atom is -0.456 e. The molecule has 3 nitrogen and oxygen atoms in total. The van der Waals surface area contributed by atoms with E-state index in [4.69, 9.17) is 8.83 Å². The second-order valence-corrected chi connectivity index (χ2v) is 12.1. The lowest BCUT2D eigenvalue weighted by atomic mass is 9.98. The Morgan fingerprint density at radius 1 is 0.340 bits per heavy atom.